The van der Waals surface area contributed by atoms with Crippen LogP contribution in [0.5, 0.6) is 0 Å². The minimum Gasteiger partial charge on any atom is -0.300 e. The van der Waals surface area contributed by atoms with Gasteiger partial charge in [-0.15, -0.1) is 0 Å². The number of rotatable bonds is 0. The molecule has 0 bridgehead atoms. The van der Waals surface area contributed by atoms with Crippen LogP contribution in [-0.2, 0) is 9.59 Å². The second kappa shape index (κ2) is 4.92. The highest BCUT2D eigenvalue weighted by Crippen LogP contribution is 2.66. The van der Waals surface area contributed by atoms with Crippen LogP contribution in [0.1, 0.15) is 78.1 Å². The molecule has 0 saturated heterocycles. The molecule has 2 nitrogen and oxygen atoms in total. The van der Waals surface area contributed by atoms with Crippen LogP contribution in [0, 0.1) is 34.5 Å². The smallest absolute Gasteiger partial charge is 0.139 e. The third-order valence-corrected chi connectivity index (χ3v) is 8.45. The van der Waals surface area contributed by atoms with E-state index in [1.54, 1.807) is 0 Å². The molecule has 122 valence electrons. The number of hydrogen-bond acceptors (Lipinski definition) is 2. The second-order valence-electron chi connectivity index (χ2n) is 9.16. The summed E-state index contributed by atoms with van der Waals surface area (Å²) >= 11 is 0. The summed E-state index contributed by atoms with van der Waals surface area (Å²) in [6, 6.07) is 0. The Morgan fingerprint density at radius 1 is 0.773 bits per heavy atom. The maximum Gasteiger partial charge on any atom is 0.139 e. The van der Waals surface area contributed by atoms with E-state index < -0.39 is 0 Å². The third kappa shape index (κ3) is 1.91. The Hall–Kier alpha value is -0.660. The Balaban J connectivity index is 1.66. The van der Waals surface area contributed by atoms with Gasteiger partial charge in [0.25, 0.3) is 0 Å². The van der Waals surface area contributed by atoms with Gasteiger partial charge in [0.2, 0.25) is 0 Å². The molecule has 0 unspecified atom stereocenters. The first kappa shape index (κ1) is 14.9. The molecule has 0 radical (unpaired) electrons. The van der Waals surface area contributed by atoms with Crippen LogP contribution in [0.4, 0.5) is 0 Å². The van der Waals surface area contributed by atoms with E-state index in [9.17, 15) is 9.59 Å². The van der Waals surface area contributed by atoms with Crippen molar-refractivity contribution in [3.8, 4) is 0 Å². The second-order valence-corrected chi connectivity index (χ2v) is 9.16. The lowest BCUT2D eigenvalue weighted by Crippen LogP contribution is -2.53. The van der Waals surface area contributed by atoms with Crippen molar-refractivity contribution in [2.75, 3.05) is 0 Å². The first-order valence-corrected chi connectivity index (χ1v) is 9.50. The molecule has 22 heavy (non-hydrogen) atoms. The van der Waals surface area contributed by atoms with E-state index in [0.717, 1.165) is 62.7 Å². The Morgan fingerprint density at radius 3 is 2.32 bits per heavy atom. The molecular formula is C20H30O2. The summed E-state index contributed by atoms with van der Waals surface area (Å²) in [6.07, 6.45) is 10.8. The molecule has 0 amide bonds. The highest BCUT2D eigenvalue weighted by Gasteiger charge is 2.61. The largest absolute Gasteiger partial charge is 0.300 e. The summed E-state index contributed by atoms with van der Waals surface area (Å²) in [7, 11) is 0. The van der Waals surface area contributed by atoms with Gasteiger partial charge in [0.05, 0.1) is 0 Å². The number of hydrogen-bond donors (Lipinski definition) is 0. The first-order chi connectivity index (χ1) is 10.4. The lowest BCUT2D eigenvalue weighted by molar-refractivity contribution is -0.141. The van der Waals surface area contributed by atoms with E-state index in [4.69, 9.17) is 0 Å². The number of carbonyl (C=O) groups is 2. The average Bonchev–Trinajstić information content (AvgIpc) is 2.67. The summed E-state index contributed by atoms with van der Waals surface area (Å²) in [6.45, 7) is 4.78. The summed E-state index contributed by atoms with van der Waals surface area (Å²) in [4.78, 5) is 24.4. The van der Waals surface area contributed by atoms with Gasteiger partial charge in [-0.3, -0.25) is 9.59 Å². The van der Waals surface area contributed by atoms with E-state index in [0.29, 0.717) is 22.9 Å². The maximum atomic E-state index is 12.4. The lowest BCUT2D eigenvalue weighted by Gasteiger charge is -2.59. The van der Waals surface area contributed by atoms with Crippen LogP contribution < -0.4 is 0 Å². The van der Waals surface area contributed by atoms with Gasteiger partial charge in [-0.1, -0.05) is 13.8 Å². The number of Topliss-reactive ketones (excluding diaryl/α,β-unsaturated/α-hetero) is 2. The van der Waals surface area contributed by atoms with Crippen LogP contribution in [0.25, 0.3) is 0 Å². The van der Waals surface area contributed by atoms with Gasteiger partial charge in [0.1, 0.15) is 11.6 Å². The van der Waals surface area contributed by atoms with Gasteiger partial charge in [0, 0.05) is 24.7 Å². The van der Waals surface area contributed by atoms with Gasteiger partial charge in [-0.2, -0.15) is 0 Å². The van der Waals surface area contributed by atoms with Crippen molar-refractivity contribution in [1.29, 1.82) is 0 Å². The van der Waals surface area contributed by atoms with Crippen LogP contribution in [0.2, 0.25) is 0 Å². The zero-order valence-electron chi connectivity index (χ0n) is 14.2. The summed E-state index contributed by atoms with van der Waals surface area (Å²) in [5.41, 5.74) is 0.375. The van der Waals surface area contributed by atoms with Gasteiger partial charge < -0.3 is 0 Å². The molecule has 2 heteroatoms. The molecule has 0 heterocycles. The first-order valence-electron chi connectivity index (χ1n) is 9.50. The molecule has 4 aliphatic rings. The Bertz CT molecular complexity index is 510. The van der Waals surface area contributed by atoms with E-state index in [2.05, 4.69) is 13.8 Å². The number of fused-ring (bicyclic) bond motifs is 5. The molecule has 4 rings (SSSR count). The predicted molar refractivity (Wildman–Crippen MR) is 86.4 cm³/mol. The van der Waals surface area contributed by atoms with E-state index in [-0.39, 0.29) is 5.41 Å². The van der Waals surface area contributed by atoms with Crippen molar-refractivity contribution in [2.45, 2.75) is 78.1 Å². The topological polar surface area (TPSA) is 34.1 Å². The highest BCUT2D eigenvalue weighted by atomic mass is 16.1. The van der Waals surface area contributed by atoms with Crippen LogP contribution in [0.3, 0.4) is 0 Å². The van der Waals surface area contributed by atoms with Gasteiger partial charge >= 0.3 is 0 Å². The van der Waals surface area contributed by atoms with E-state index in [1.165, 1.54) is 19.3 Å². The molecule has 6 atom stereocenters. The minimum atomic E-state index is -0.0163. The monoisotopic (exact) mass is 302 g/mol. The summed E-state index contributed by atoms with van der Waals surface area (Å²) in [5, 5.41) is 0. The normalized spacial score (nSPS) is 51.7. The van der Waals surface area contributed by atoms with Crippen molar-refractivity contribution >= 4 is 11.6 Å². The molecular weight excluding hydrogens is 272 g/mol. The molecule has 4 fully saturated rings. The SMILES string of the molecule is C[C@]12CC[C@]3(C)C(=O)CC[C@H]3[C@@H]1CC[C@@H]1CCC(=O)CC[C@@H]12. The molecule has 0 aliphatic heterocycles. The fraction of sp³-hybridized carbons (Fsp3) is 0.900. The Labute approximate surface area is 134 Å². The van der Waals surface area contributed by atoms with E-state index in [1.807, 2.05) is 0 Å². The minimum absolute atomic E-state index is 0.0163. The molecule has 4 aliphatic carbocycles. The van der Waals surface area contributed by atoms with Crippen molar-refractivity contribution < 1.29 is 9.59 Å². The Kier molecular flexibility index (Phi) is 3.33. The van der Waals surface area contributed by atoms with Crippen molar-refractivity contribution in [1.82, 2.24) is 0 Å². The van der Waals surface area contributed by atoms with Gasteiger partial charge in [0.15, 0.2) is 0 Å². The molecule has 0 aromatic carbocycles. The van der Waals surface area contributed by atoms with Crippen LogP contribution in [0.15, 0.2) is 0 Å². The zero-order valence-corrected chi connectivity index (χ0v) is 14.2. The summed E-state index contributed by atoms with van der Waals surface area (Å²) < 4.78 is 0. The third-order valence-electron chi connectivity index (χ3n) is 8.45. The predicted octanol–water partition coefficient (Wildman–Crippen LogP) is 4.56. The van der Waals surface area contributed by atoms with Gasteiger partial charge in [-0.05, 0) is 74.0 Å². The fourth-order valence-corrected chi connectivity index (χ4v) is 7.06. The lowest BCUT2D eigenvalue weighted by atomic mass is 9.45. The van der Waals surface area contributed by atoms with Crippen LogP contribution >= 0.6 is 0 Å². The molecule has 0 aromatic heterocycles. The summed E-state index contributed by atoms with van der Waals surface area (Å²) in [5.74, 6) is 3.89. The quantitative estimate of drug-likeness (QED) is 0.657. The van der Waals surface area contributed by atoms with E-state index >= 15 is 0 Å². The van der Waals surface area contributed by atoms with Gasteiger partial charge in [-0.25, -0.2) is 0 Å². The zero-order chi connectivity index (χ0) is 15.5. The average molecular weight is 302 g/mol. The molecule has 0 N–H and O–H groups in total. The molecule has 4 saturated carbocycles. The molecule has 0 spiro atoms. The standard InChI is InChI=1S/C20H30O2/c1-19-11-12-20(2)17(9-10-18(20)22)16(19)7-4-13-3-5-14(21)6-8-15(13)19/h13,15-17H,3-12H2,1-2H3/t13-,15-,16-,17-,19+,20-/m0/s1. The van der Waals surface area contributed by atoms with Crippen molar-refractivity contribution in [3.63, 3.8) is 0 Å². The van der Waals surface area contributed by atoms with Crippen molar-refractivity contribution in [2.24, 2.45) is 34.5 Å². The maximum absolute atomic E-state index is 12.4. The number of ketones is 2. The number of carbonyl (C=O) groups excluding carboxylic acids is 2. The Morgan fingerprint density at radius 2 is 1.50 bits per heavy atom. The molecule has 0 aromatic rings. The van der Waals surface area contributed by atoms with Crippen molar-refractivity contribution in [3.05, 3.63) is 0 Å². The van der Waals surface area contributed by atoms with Crippen LogP contribution in [-0.4, -0.2) is 11.6 Å². The highest BCUT2D eigenvalue weighted by molar-refractivity contribution is 5.87. The fourth-order valence-electron chi connectivity index (χ4n) is 7.06.